The molecule has 2 unspecified atom stereocenters. The molecule has 2 aliphatic heterocycles. The first kappa shape index (κ1) is 19.6. The van der Waals surface area contributed by atoms with E-state index < -0.39 is 10.1 Å². The van der Waals surface area contributed by atoms with Crippen LogP contribution < -0.4 is 9.80 Å². The molecule has 0 aliphatic carbocycles. The summed E-state index contributed by atoms with van der Waals surface area (Å²) in [4.78, 5) is 6.14. The van der Waals surface area contributed by atoms with Crippen LogP contribution in [0.3, 0.4) is 0 Å². The minimum Gasteiger partial charge on any atom is -0.339 e. The summed E-state index contributed by atoms with van der Waals surface area (Å²) in [6, 6.07) is 12.9. The van der Waals surface area contributed by atoms with Crippen LogP contribution in [0.4, 0.5) is 11.4 Å². The molecule has 7 nitrogen and oxygen atoms in total. The number of rotatable bonds is 5. The largest absolute Gasteiger partial charge is 0.339 e. The Morgan fingerprint density at radius 2 is 1.50 bits per heavy atom. The molecule has 0 saturated heterocycles. The summed E-state index contributed by atoms with van der Waals surface area (Å²) < 4.78 is 32.1. The monoisotopic (exact) mass is 436 g/mol. The average Bonchev–Trinajstić information content (AvgIpc) is 3.21. The summed E-state index contributed by atoms with van der Waals surface area (Å²) >= 11 is 3.11. The van der Waals surface area contributed by atoms with Gasteiger partial charge in [-0.2, -0.15) is 18.6 Å². The minimum absolute atomic E-state index is 0.105. The van der Waals surface area contributed by atoms with Crippen LogP contribution in [0.2, 0.25) is 0 Å². The number of anilines is 2. The van der Waals surface area contributed by atoms with Gasteiger partial charge in [-0.15, -0.1) is 0 Å². The lowest BCUT2D eigenvalue weighted by Gasteiger charge is -2.23. The summed E-state index contributed by atoms with van der Waals surface area (Å²) in [6.45, 7) is 5.67. The fraction of sp³-hybridized carbons (Fsp3) is 0.333. The highest BCUT2D eigenvalue weighted by molar-refractivity contribution is 8.00. The molecule has 0 spiro atoms. The molecule has 28 heavy (non-hydrogen) atoms. The fourth-order valence-corrected chi connectivity index (χ4v) is 6.29. The van der Waals surface area contributed by atoms with E-state index >= 15 is 0 Å². The first-order valence-electron chi connectivity index (χ1n) is 8.89. The van der Waals surface area contributed by atoms with Crippen molar-refractivity contribution in [2.45, 2.75) is 39.5 Å². The van der Waals surface area contributed by atoms with E-state index in [0.29, 0.717) is 6.54 Å². The summed E-state index contributed by atoms with van der Waals surface area (Å²) in [5, 5.41) is 9.19. The first-order chi connectivity index (χ1) is 13.4. The van der Waals surface area contributed by atoms with Crippen molar-refractivity contribution < 1.29 is 13.0 Å². The lowest BCUT2D eigenvalue weighted by molar-refractivity contribution is 0.483. The number of fused-ring (bicyclic) bond motifs is 2. The Kier molecular flexibility index (Phi) is 5.30. The molecule has 2 aromatic rings. The van der Waals surface area contributed by atoms with E-state index in [-0.39, 0.29) is 15.9 Å². The molecule has 2 aromatic carbocycles. The van der Waals surface area contributed by atoms with E-state index in [2.05, 4.69) is 39.1 Å². The second kappa shape index (κ2) is 7.58. The summed E-state index contributed by atoms with van der Waals surface area (Å²) in [5.74, 6) is 0. The molecule has 2 atom stereocenters. The average molecular weight is 437 g/mol. The van der Waals surface area contributed by atoms with E-state index in [1.807, 2.05) is 19.1 Å². The summed E-state index contributed by atoms with van der Waals surface area (Å²) in [6.07, 6.45) is 0. The van der Waals surface area contributed by atoms with Gasteiger partial charge < -0.3 is 9.80 Å². The molecule has 4 rings (SSSR count). The van der Waals surface area contributed by atoms with Crippen LogP contribution in [0.5, 0.6) is 0 Å². The number of para-hydroxylation sites is 1. The molecular formula is C18H20N4O3S3. The SMILES string of the molecule is CCN1c2ccccc2SC1N=NC1Sc2cc(S(=O)(=O)O)ccc2N1CC. The quantitative estimate of drug-likeness (QED) is 0.545. The molecule has 0 bridgehead atoms. The molecule has 2 aliphatic rings. The second-order valence-electron chi connectivity index (χ2n) is 6.26. The lowest BCUT2D eigenvalue weighted by Crippen LogP contribution is -2.29. The van der Waals surface area contributed by atoms with Gasteiger partial charge in [-0.05, 0) is 44.2 Å². The molecule has 148 valence electrons. The van der Waals surface area contributed by atoms with Crippen LogP contribution in [0, 0.1) is 0 Å². The van der Waals surface area contributed by atoms with Gasteiger partial charge in [-0.3, -0.25) is 4.55 Å². The molecule has 0 saturated carbocycles. The second-order valence-corrected chi connectivity index (χ2v) is 9.88. The highest BCUT2D eigenvalue weighted by atomic mass is 32.2. The summed E-state index contributed by atoms with van der Waals surface area (Å²) in [5.41, 5.74) is 1.70. The Balaban J connectivity index is 1.57. The van der Waals surface area contributed by atoms with Crippen molar-refractivity contribution >= 4 is 45.0 Å². The Bertz CT molecular complexity index is 1030. The van der Waals surface area contributed by atoms with Crippen molar-refractivity contribution in [3.8, 4) is 0 Å². The fourth-order valence-electron chi connectivity index (χ4n) is 3.31. The van der Waals surface area contributed by atoms with Crippen molar-refractivity contribution in [1.29, 1.82) is 0 Å². The molecule has 0 aromatic heterocycles. The number of hydrogen-bond donors (Lipinski definition) is 1. The minimum atomic E-state index is -4.23. The van der Waals surface area contributed by atoms with Gasteiger partial charge in [0, 0.05) is 22.9 Å². The maximum atomic E-state index is 11.4. The molecule has 0 fully saturated rings. The maximum absolute atomic E-state index is 11.4. The van der Waals surface area contributed by atoms with E-state index in [1.165, 1.54) is 34.5 Å². The van der Waals surface area contributed by atoms with E-state index in [9.17, 15) is 13.0 Å². The Morgan fingerprint density at radius 1 is 0.929 bits per heavy atom. The zero-order chi connectivity index (χ0) is 19.9. The molecule has 0 radical (unpaired) electrons. The van der Waals surface area contributed by atoms with Crippen LogP contribution >= 0.6 is 23.5 Å². The Hall–Kier alpha value is -1.75. The van der Waals surface area contributed by atoms with Crippen LogP contribution in [0.1, 0.15) is 13.8 Å². The highest BCUT2D eigenvalue weighted by Gasteiger charge is 2.32. The van der Waals surface area contributed by atoms with Gasteiger partial charge in [-0.1, -0.05) is 35.7 Å². The first-order valence-corrected chi connectivity index (χ1v) is 12.1. The molecule has 0 amide bonds. The van der Waals surface area contributed by atoms with Gasteiger partial charge in [0.1, 0.15) is 0 Å². The lowest BCUT2D eigenvalue weighted by atomic mass is 10.3. The normalized spacial score (nSPS) is 21.4. The smallest absolute Gasteiger partial charge is 0.294 e. The van der Waals surface area contributed by atoms with Crippen LogP contribution in [0.25, 0.3) is 0 Å². The van der Waals surface area contributed by atoms with Gasteiger partial charge in [0.15, 0.2) is 11.0 Å². The molecular weight excluding hydrogens is 416 g/mol. The van der Waals surface area contributed by atoms with Gasteiger partial charge in [-0.25, -0.2) is 0 Å². The summed E-state index contributed by atoms with van der Waals surface area (Å²) in [7, 11) is -4.23. The maximum Gasteiger partial charge on any atom is 0.294 e. The number of nitrogens with zero attached hydrogens (tertiary/aromatic N) is 4. The van der Waals surface area contributed by atoms with E-state index in [0.717, 1.165) is 17.1 Å². The molecule has 10 heteroatoms. The van der Waals surface area contributed by atoms with Gasteiger partial charge in [0.05, 0.1) is 16.3 Å². The third kappa shape index (κ3) is 3.49. The predicted molar refractivity (Wildman–Crippen MR) is 113 cm³/mol. The van der Waals surface area contributed by atoms with Gasteiger partial charge in [0.2, 0.25) is 0 Å². The van der Waals surface area contributed by atoms with E-state index in [4.69, 9.17) is 0 Å². The van der Waals surface area contributed by atoms with Crippen molar-refractivity contribution in [3.05, 3.63) is 42.5 Å². The Morgan fingerprint density at radius 3 is 2.11 bits per heavy atom. The topological polar surface area (TPSA) is 85.6 Å². The number of thioether (sulfide) groups is 2. The van der Waals surface area contributed by atoms with Crippen LogP contribution in [0.15, 0.2) is 67.4 Å². The highest BCUT2D eigenvalue weighted by Crippen LogP contribution is 2.47. The van der Waals surface area contributed by atoms with E-state index in [1.54, 1.807) is 17.8 Å². The van der Waals surface area contributed by atoms with Crippen LogP contribution in [-0.4, -0.2) is 37.1 Å². The van der Waals surface area contributed by atoms with Crippen molar-refractivity contribution in [3.63, 3.8) is 0 Å². The molecule has 2 heterocycles. The third-order valence-electron chi connectivity index (χ3n) is 4.66. The van der Waals surface area contributed by atoms with Gasteiger partial charge >= 0.3 is 0 Å². The number of azo groups is 1. The van der Waals surface area contributed by atoms with Crippen molar-refractivity contribution in [1.82, 2.24) is 0 Å². The zero-order valence-corrected chi connectivity index (χ0v) is 17.8. The van der Waals surface area contributed by atoms with Gasteiger partial charge in [0.25, 0.3) is 10.1 Å². The van der Waals surface area contributed by atoms with Crippen LogP contribution in [-0.2, 0) is 10.1 Å². The zero-order valence-electron chi connectivity index (χ0n) is 15.4. The van der Waals surface area contributed by atoms with Crippen molar-refractivity contribution in [2.24, 2.45) is 10.2 Å². The third-order valence-corrected chi connectivity index (χ3v) is 7.81. The van der Waals surface area contributed by atoms with Crippen molar-refractivity contribution in [2.75, 3.05) is 22.9 Å². The number of hydrogen-bond acceptors (Lipinski definition) is 8. The Labute approximate surface area is 173 Å². The number of benzene rings is 2. The standard InChI is InChI=1S/C18H20N4O3S3/c1-3-21-13-7-5-6-8-15(13)26-17(21)19-20-18-22(4-2)14-10-9-12(28(23,24)25)11-16(14)27-18/h5-11,17-18H,3-4H2,1-2H3,(H,23,24,25). The predicted octanol–water partition coefficient (Wildman–Crippen LogP) is 4.52. The molecule has 1 N–H and O–H groups in total.